The number of nitrogens with zero attached hydrogens (tertiary/aromatic N) is 1. The van der Waals surface area contributed by atoms with Crippen molar-refractivity contribution in [2.24, 2.45) is 11.7 Å². The van der Waals surface area contributed by atoms with Gasteiger partial charge >= 0.3 is 0 Å². The molecule has 2 atom stereocenters. The second-order valence-corrected chi connectivity index (χ2v) is 5.24. The molecule has 1 aromatic carbocycles. The molecule has 0 unspecified atom stereocenters. The summed E-state index contributed by atoms with van der Waals surface area (Å²) in [6.45, 7) is 1.35. The molecule has 1 aromatic rings. The van der Waals surface area contributed by atoms with Crippen molar-refractivity contribution in [2.45, 2.75) is 32.2 Å². The predicted octanol–water partition coefficient (Wildman–Crippen LogP) is 1.86. The minimum Gasteiger partial charge on any atom is -0.376 e. The van der Waals surface area contributed by atoms with Crippen LogP contribution in [0, 0.1) is 16.0 Å². The Hall–Kier alpha value is -2.44. The van der Waals surface area contributed by atoms with Gasteiger partial charge in [-0.1, -0.05) is 6.42 Å². The van der Waals surface area contributed by atoms with E-state index >= 15 is 0 Å². The van der Waals surface area contributed by atoms with Crippen molar-refractivity contribution in [3.8, 4) is 0 Å². The molecule has 1 amide bonds. The van der Waals surface area contributed by atoms with E-state index in [1.54, 1.807) is 0 Å². The number of amides is 1. The lowest BCUT2D eigenvalue weighted by molar-refractivity contribution is -0.384. The zero-order chi connectivity index (χ0) is 15.6. The molecule has 7 heteroatoms. The van der Waals surface area contributed by atoms with Crippen LogP contribution < -0.4 is 11.1 Å². The Morgan fingerprint density at radius 1 is 1.38 bits per heavy atom. The molecule has 0 aromatic heterocycles. The molecular formula is C14H17N3O4. The summed E-state index contributed by atoms with van der Waals surface area (Å²) in [5.74, 6) is -0.953. The van der Waals surface area contributed by atoms with Crippen LogP contribution in [0.5, 0.6) is 0 Å². The van der Waals surface area contributed by atoms with Crippen molar-refractivity contribution in [3.05, 3.63) is 33.9 Å². The first kappa shape index (κ1) is 15.0. The van der Waals surface area contributed by atoms with E-state index in [1.807, 2.05) is 0 Å². The summed E-state index contributed by atoms with van der Waals surface area (Å²) in [6, 6.07) is 4.08. The highest BCUT2D eigenvalue weighted by Gasteiger charge is 2.32. The average Bonchev–Trinajstić information content (AvgIpc) is 2.87. The minimum atomic E-state index is -0.539. The summed E-state index contributed by atoms with van der Waals surface area (Å²) in [7, 11) is 0. The largest absolute Gasteiger partial charge is 0.376 e. The molecule has 112 valence electrons. The number of benzene rings is 1. The Morgan fingerprint density at radius 3 is 2.67 bits per heavy atom. The zero-order valence-corrected chi connectivity index (χ0v) is 11.7. The molecule has 0 aliphatic heterocycles. The molecule has 21 heavy (non-hydrogen) atoms. The molecule has 2 rings (SSSR count). The molecule has 7 nitrogen and oxygen atoms in total. The fraction of sp³-hybridized carbons (Fsp3) is 0.429. The number of nitrogens with one attached hydrogen (secondary N) is 1. The maximum absolute atomic E-state index is 11.4. The number of nitro groups is 1. The normalized spacial score (nSPS) is 21.0. The second-order valence-electron chi connectivity index (χ2n) is 5.24. The summed E-state index contributed by atoms with van der Waals surface area (Å²) in [5, 5.41) is 14.2. The van der Waals surface area contributed by atoms with Crippen molar-refractivity contribution < 1.29 is 14.5 Å². The van der Waals surface area contributed by atoms with Crippen LogP contribution in [-0.4, -0.2) is 22.7 Å². The molecule has 1 fully saturated rings. The van der Waals surface area contributed by atoms with Gasteiger partial charge in [0.15, 0.2) is 5.78 Å². The summed E-state index contributed by atoms with van der Waals surface area (Å²) < 4.78 is 0. The van der Waals surface area contributed by atoms with Gasteiger partial charge in [-0.15, -0.1) is 0 Å². The van der Waals surface area contributed by atoms with Gasteiger partial charge in [0.1, 0.15) is 5.69 Å². The molecular weight excluding hydrogens is 274 g/mol. The number of ketones is 1. The number of nitro benzene ring substituents is 1. The van der Waals surface area contributed by atoms with Gasteiger partial charge in [-0.25, -0.2) is 0 Å². The highest BCUT2D eigenvalue weighted by molar-refractivity contribution is 5.95. The summed E-state index contributed by atoms with van der Waals surface area (Å²) >= 11 is 0. The summed E-state index contributed by atoms with van der Waals surface area (Å²) in [5.41, 5.74) is 5.77. The van der Waals surface area contributed by atoms with Gasteiger partial charge in [0.2, 0.25) is 5.91 Å². The third-order valence-corrected chi connectivity index (χ3v) is 3.82. The Kier molecular flexibility index (Phi) is 4.21. The van der Waals surface area contributed by atoms with Crippen LogP contribution in [0.25, 0.3) is 0 Å². The van der Waals surface area contributed by atoms with Crippen LogP contribution in [0.2, 0.25) is 0 Å². The van der Waals surface area contributed by atoms with Gasteiger partial charge in [-0.2, -0.15) is 0 Å². The number of carbonyl (C=O) groups excluding carboxylic acids is 2. The van der Waals surface area contributed by atoms with E-state index in [4.69, 9.17) is 5.73 Å². The van der Waals surface area contributed by atoms with Crippen LogP contribution in [0.4, 0.5) is 11.4 Å². The van der Waals surface area contributed by atoms with Crippen molar-refractivity contribution in [2.75, 3.05) is 5.32 Å². The number of nitrogens with two attached hydrogens (primary N) is 1. The number of Topliss-reactive ketones (excluding diaryl/α,β-unsaturated/α-hetero) is 1. The lowest BCUT2D eigenvalue weighted by Gasteiger charge is -2.19. The highest BCUT2D eigenvalue weighted by Crippen LogP contribution is 2.32. The van der Waals surface area contributed by atoms with Crippen LogP contribution in [0.3, 0.4) is 0 Å². The SMILES string of the molecule is CC(=O)c1ccc(N[C@H]2CCC[C@H]2C(N)=O)c([N+](=O)[O-])c1. The zero-order valence-electron chi connectivity index (χ0n) is 11.7. The van der Waals surface area contributed by atoms with Gasteiger partial charge in [0, 0.05) is 17.7 Å². The van der Waals surface area contributed by atoms with Crippen LogP contribution in [0.15, 0.2) is 18.2 Å². The second kappa shape index (κ2) is 5.90. The van der Waals surface area contributed by atoms with Gasteiger partial charge < -0.3 is 11.1 Å². The lowest BCUT2D eigenvalue weighted by atomic mass is 10.0. The Balaban J connectivity index is 2.29. The van der Waals surface area contributed by atoms with Crippen molar-refractivity contribution in [3.63, 3.8) is 0 Å². The molecule has 0 saturated heterocycles. The van der Waals surface area contributed by atoms with E-state index in [-0.39, 0.29) is 29.0 Å². The average molecular weight is 291 g/mol. The highest BCUT2D eigenvalue weighted by atomic mass is 16.6. The van der Waals surface area contributed by atoms with E-state index in [0.29, 0.717) is 12.1 Å². The number of carbonyl (C=O) groups is 2. The Bertz CT molecular complexity index is 600. The van der Waals surface area contributed by atoms with Crippen molar-refractivity contribution >= 4 is 23.1 Å². The number of hydrogen-bond donors (Lipinski definition) is 2. The molecule has 0 bridgehead atoms. The van der Waals surface area contributed by atoms with Gasteiger partial charge in [0.05, 0.1) is 10.8 Å². The number of rotatable bonds is 5. The molecule has 1 aliphatic carbocycles. The quantitative estimate of drug-likeness (QED) is 0.488. The Labute approximate surface area is 121 Å². The van der Waals surface area contributed by atoms with Gasteiger partial charge in [0.25, 0.3) is 5.69 Å². The molecule has 3 N–H and O–H groups in total. The molecule has 0 heterocycles. The van der Waals surface area contributed by atoms with Crippen molar-refractivity contribution in [1.29, 1.82) is 0 Å². The monoisotopic (exact) mass is 291 g/mol. The first-order valence-corrected chi connectivity index (χ1v) is 6.75. The van der Waals surface area contributed by atoms with E-state index < -0.39 is 10.8 Å². The summed E-state index contributed by atoms with van der Waals surface area (Å²) in [6.07, 6.45) is 2.27. The fourth-order valence-electron chi connectivity index (χ4n) is 2.70. The van der Waals surface area contributed by atoms with Crippen LogP contribution in [0.1, 0.15) is 36.5 Å². The third kappa shape index (κ3) is 3.18. The first-order valence-electron chi connectivity index (χ1n) is 6.75. The minimum absolute atomic E-state index is 0.169. The standard InChI is InChI=1S/C14H17N3O4/c1-8(18)9-5-6-12(13(7-9)17(20)21)16-11-4-2-3-10(11)14(15)19/h5-7,10-11,16H,2-4H2,1H3,(H2,15,19)/t10-,11+/m1/s1. The molecule has 1 aliphatic rings. The number of anilines is 1. The molecule has 1 saturated carbocycles. The van der Waals surface area contributed by atoms with Crippen LogP contribution in [-0.2, 0) is 4.79 Å². The van der Waals surface area contributed by atoms with E-state index in [0.717, 1.165) is 12.8 Å². The fourth-order valence-corrected chi connectivity index (χ4v) is 2.70. The van der Waals surface area contributed by atoms with Gasteiger partial charge in [-0.05, 0) is 31.9 Å². The third-order valence-electron chi connectivity index (χ3n) is 3.82. The molecule has 0 radical (unpaired) electrons. The number of hydrogen-bond acceptors (Lipinski definition) is 5. The van der Waals surface area contributed by atoms with E-state index in [1.165, 1.54) is 25.1 Å². The Morgan fingerprint density at radius 2 is 2.10 bits per heavy atom. The maximum Gasteiger partial charge on any atom is 0.293 e. The lowest BCUT2D eigenvalue weighted by Crippen LogP contribution is -2.34. The first-order chi connectivity index (χ1) is 9.90. The predicted molar refractivity (Wildman–Crippen MR) is 77.0 cm³/mol. The summed E-state index contributed by atoms with van der Waals surface area (Å²) in [4.78, 5) is 33.3. The van der Waals surface area contributed by atoms with E-state index in [2.05, 4.69) is 5.32 Å². The smallest absolute Gasteiger partial charge is 0.293 e. The maximum atomic E-state index is 11.4. The molecule has 0 spiro atoms. The van der Waals surface area contributed by atoms with Gasteiger partial charge in [-0.3, -0.25) is 19.7 Å². The topological polar surface area (TPSA) is 115 Å². The number of primary amides is 1. The van der Waals surface area contributed by atoms with Crippen molar-refractivity contribution in [1.82, 2.24) is 0 Å². The van der Waals surface area contributed by atoms with Crippen LogP contribution >= 0.6 is 0 Å². The van der Waals surface area contributed by atoms with E-state index in [9.17, 15) is 19.7 Å².